The third-order valence-corrected chi connectivity index (χ3v) is 3.31. The Morgan fingerprint density at radius 1 is 1.50 bits per heavy atom. The summed E-state index contributed by atoms with van der Waals surface area (Å²) in [6, 6.07) is 4.02. The summed E-state index contributed by atoms with van der Waals surface area (Å²) in [4.78, 5) is 12.3. The molecule has 1 heterocycles. The molecular weight excluding hydrogens is 263 g/mol. The van der Waals surface area contributed by atoms with E-state index in [0.717, 1.165) is 6.54 Å². The number of carbonyl (C=O) groups is 1. The molecule has 2 N–H and O–H groups in total. The third kappa shape index (κ3) is 3.26. The van der Waals surface area contributed by atoms with Crippen LogP contribution < -0.4 is 15.4 Å². The predicted molar refractivity (Wildman–Crippen MR) is 73.4 cm³/mol. The van der Waals surface area contributed by atoms with E-state index in [1.807, 2.05) is 6.92 Å². The fourth-order valence-electron chi connectivity index (χ4n) is 2.27. The standard InChI is InChI=1S/C14H19FN2O3/c1-3-16-12-8-20-7-10(12)14(18)17-11-5-4-9(15)6-13(11)19-2/h4-6,10,12,16H,3,7-8H2,1-2H3,(H,17,18). The summed E-state index contributed by atoms with van der Waals surface area (Å²) in [7, 11) is 1.44. The number of rotatable bonds is 5. The second-order valence-corrected chi connectivity index (χ2v) is 4.64. The van der Waals surface area contributed by atoms with Crippen molar-refractivity contribution in [2.24, 2.45) is 5.92 Å². The largest absolute Gasteiger partial charge is 0.494 e. The molecule has 0 aromatic heterocycles. The highest BCUT2D eigenvalue weighted by Gasteiger charge is 2.33. The van der Waals surface area contributed by atoms with Crippen molar-refractivity contribution in [3.05, 3.63) is 24.0 Å². The molecule has 1 aromatic carbocycles. The molecule has 6 heteroatoms. The smallest absolute Gasteiger partial charge is 0.231 e. The van der Waals surface area contributed by atoms with Crippen LogP contribution in [0.5, 0.6) is 5.75 Å². The Balaban J connectivity index is 2.07. The lowest BCUT2D eigenvalue weighted by Crippen LogP contribution is -2.41. The number of methoxy groups -OCH3 is 1. The number of halogens is 1. The van der Waals surface area contributed by atoms with Gasteiger partial charge in [0.05, 0.1) is 31.9 Å². The molecule has 20 heavy (non-hydrogen) atoms. The quantitative estimate of drug-likeness (QED) is 0.857. The summed E-state index contributed by atoms with van der Waals surface area (Å²) in [6.07, 6.45) is 0. The van der Waals surface area contributed by atoms with Gasteiger partial charge in [-0.2, -0.15) is 0 Å². The summed E-state index contributed by atoms with van der Waals surface area (Å²) in [5, 5.41) is 5.99. The van der Waals surface area contributed by atoms with E-state index < -0.39 is 5.82 Å². The van der Waals surface area contributed by atoms with Crippen molar-refractivity contribution in [2.75, 3.05) is 32.2 Å². The molecule has 1 aliphatic rings. The van der Waals surface area contributed by atoms with Gasteiger partial charge in [0.1, 0.15) is 11.6 Å². The Labute approximate surface area is 117 Å². The summed E-state index contributed by atoms with van der Waals surface area (Å²) < 4.78 is 23.5. The first-order chi connectivity index (χ1) is 9.65. The first kappa shape index (κ1) is 14.7. The summed E-state index contributed by atoms with van der Waals surface area (Å²) in [5.74, 6) is -0.519. The van der Waals surface area contributed by atoms with Gasteiger partial charge >= 0.3 is 0 Å². The molecule has 2 unspecified atom stereocenters. The van der Waals surface area contributed by atoms with Crippen LogP contribution in [0.3, 0.4) is 0 Å². The van der Waals surface area contributed by atoms with Crippen LogP contribution in [0, 0.1) is 11.7 Å². The molecule has 2 rings (SSSR count). The van der Waals surface area contributed by atoms with E-state index in [-0.39, 0.29) is 17.9 Å². The maximum absolute atomic E-state index is 13.1. The number of nitrogens with one attached hydrogen (secondary N) is 2. The lowest BCUT2D eigenvalue weighted by Gasteiger charge is -2.18. The minimum atomic E-state index is -0.408. The first-order valence-corrected chi connectivity index (χ1v) is 6.61. The summed E-state index contributed by atoms with van der Waals surface area (Å²) in [5.41, 5.74) is 0.459. The van der Waals surface area contributed by atoms with Crippen molar-refractivity contribution in [2.45, 2.75) is 13.0 Å². The van der Waals surface area contributed by atoms with Crippen LogP contribution in [0.1, 0.15) is 6.92 Å². The van der Waals surface area contributed by atoms with Gasteiger partial charge in [0, 0.05) is 12.1 Å². The lowest BCUT2D eigenvalue weighted by molar-refractivity contribution is -0.120. The number of hydrogen-bond acceptors (Lipinski definition) is 4. The molecule has 2 atom stereocenters. The topological polar surface area (TPSA) is 59.6 Å². The fraction of sp³-hybridized carbons (Fsp3) is 0.500. The van der Waals surface area contributed by atoms with E-state index in [2.05, 4.69) is 10.6 Å². The summed E-state index contributed by atoms with van der Waals surface area (Å²) >= 11 is 0. The SMILES string of the molecule is CCNC1COCC1C(=O)Nc1ccc(F)cc1OC. The second kappa shape index (κ2) is 6.67. The molecule has 1 aromatic rings. The van der Waals surface area contributed by atoms with E-state index in [1.165, 1.54) is 25.3 Å². The zero-order valence-electron chi connectivity index (χ0n) is 11.6. The number of amides is 1. The minimum Gasteiger partial charge on any atom is -0.494 e. The number of ether oxygens (including phenoxy) is 2. The van der Waals surface area contributed by atoms with E-state index in [1.54, 1.807) is 0 Å². The predicted octanol–water partition coefficient (Wildman–Crippen LogP) is 1.40. The van der Waals surface area contributed by atoms with Gasteiger partial charge in [-0.05, 0) is 18.7 Å². The first-order valence-electron chi connectivity index (χ1n) is 6.61. The van der Waals surface area contributed by atoms with Gasteiger partial charge in [0.2, 0.25) is 5.91 Å². The van der Waals surface area contributed by atoms with Crippen molar-refractivity contribution in [3.8, 4) is 5.75 Å². The Kier molecular flexibility index (Phi) is 4.92. The van der Waals surface area contributed by atoms with Crippen LogP contribution in [-0.4, -0.2) is 38.8 Å². The van der Waals surface area contributed by atoms with Crippen LogP contribution in [0.4, 0.5) is 10.1 Å². The van der Waals surface area contributed by atoms with Crippen molar-refractivity contribution < 1.29 is 18.7 Å². The Bertz CT molecular complexity index is 481. The normalized spacial score (nSPS) is 21.8. The number of hydrogen-bond donors (Lipinski definition) is 2. The maximum atomic E-state index is 13.1. The number of benzene rings is 1. The highest BCUT2D eigenvalue weighted by atomic mass is 19.1. The van der Waals surface area contributed by atoms with Gasteiger partial charge in [-0.3, -0.25) is 4.79 Å². The van der Waals surface area contributed by atoms with Gasteiger partial charge in [-0.1, -0.05) is 6.92 Å². The highest BCUT2D eigenvalue weighted by molar-refractivity contribution is 5.94. The van der Waals surface area contributed by atoms with Crippen LogP contribution in [-0.2, 0) is 9.53 Å². The molecule has 1 fully saturated rings. The highest BCUT2D eigenvalue weighted by Crippen LogP contribution is 2.26. The third-order valence-electron chi connectivity index (χ3n) is 3.31. The van der Waals surface area contributed by atoms with E-state index >= 15 is 0 Å². The second-order valence-electron chi connectivity index (χ2n) is 4.64. The van der Waals surface area contributed by atoms with Gasteiger partial charge in [0.15, 0.2) is 0 Å². The zero-order valence-corrected chi connectivity index (χ0v) is 11.6. The molecule has 0 spiro atoms. The average Bonchev–Trinajstić information content (AvgIpc) is 2.89. The molecular formula is C14H19FN2O3. The van der Waals surface area contributed by atoms with E-state index in [9.17, 15) is 9.18 Å². The van der Waals surface area contributed by atoms with Gasteiger partial charge in [-0.25, -0.2) is 4.39 Å². The summed E-state index contributed by atoms with van der Waals surface area (Å²) in [6.45, 7) is 3.66. The molecule has 0 bridgehead atoms. The number of carbonyl (C=O) groups excluding carboxylic acids is 1. The molecule has 110 valence electrons. The van der Waals surface area contributed by atoms with Gasteiger partial charge in [0.25, 0.3) is 0 Å². The molecule has 5 nitrogen and oxygen atoms in total. The van der Waals surface area contributed by atoms with Crippen LogP contribution in [0.25, 0.3) is 0 Å². The monoisotopic (exact) mass is 282 g/mol. The average molecular weight is 282 g/mol. The number of likely N-dealkylation sites (N-methyl/N-ethyl adjacent to an activating group) is 1. The van der Waals surface area contributed by atoms with E-state index in [4.69, 9.17) is 9.47 Å². The van der Waals surface area contributed by atoms with Gasteiger partial charge in [-0.15, -0.1) is 0 Å². The Morgan fingerprint density at radius 2 is 2.30 bits per heavy atom. The number of anilines is 1. The van der Waals surface area contributed by atoms with Crippen molar-refractivity contribution >= 4 is 11.6 Å². The zero-order chi connectivity index (χ0) is 14.5. The van der Waals surface area contributed by atoms with Crippen LogP contribution in [0.15, 0.2) is 18.2 Å². The Hall–Kier alpha value is -1.66. The lowest BCUT2D eigenvalue weighted by atomic mass is 10.0. The minimum absolute atomic E-state index is 0.00597. The Morgan fingerprint density at radius 3 is 3.00 bits per heavy atom. The van der Waals surface area contributed by atoms with Crippen LogP contribution in [0.2, 0.25) is 0 Å². The molecule has 1 aliphatic heterocycles. The maximum Gasteiger partial charge on any atom is 0.231 e. The molecule has 0 aliphatic carbocycles. The molecule has 0 saturated carbocycles. The molecule has 1 saturated heterocycles. The van der Waals surface area contributed by atoms with Crippen molar-refractivity contribution in [3.63, 3.8) is 0 Å². The van der Waals surface area contributed by atoms with Crippen LogP contribution >= 0.6 is 0 Å². The van der Waals surface area contributed by atoms with E-state index in [0.29, 0.717) is 24.7 Å². The molecule has 0 radical (unpaired) electrons. The van der Waals surface area contributed by atoms with Crippen molar-refractivity contribution in [1.29, 1.82) is 0 Å². The van der Waals surface area contributed by atoms with Gasteiger partial charge < -0.3 is 20.1 Å². The van der Waals surface area contributed by atoms with Crippen molar-refractivity contribution in [1.82, 2.24) is 5.32 Å². The fourth-order valence-corrected chi connectivity index (χ4v) is 2.27. The molecule has 1 amide bonds.